The van der Waals surface area contributed by atoms with Gasteiger partial charge in [-0.15, -0.1) is 0 Å². The summed E-state index contributed by atoms with van der Waals surface area (Å²) < 4.78 is 0.966. The number of carbonyl (C=O) groups is 1. The van der Waals surface area contributed by atoms with Gasteiger partial charge in [-0.05, 0) is 18.2 Å². The van der Waals surface area contributed by atoms with E-state index in [4.69, 9.17) is 5.73 Å². The predicted molar refractivity (Wildman–Crippen MR) is 59.0 cm³/mol. The molecule has 0 atom stereocenters. The number of amides is 1. The van der Waals surface area contributed by atoms with Gasteiger partial charge in [-0.2, -0.15) is 9.78 Å². The Morgan fingerprint density at radius 3 is 2.76 bits per heavy atom. The Bertz CT molecular complexity index is 686. The molecule has 17 heavy (non-hydrogen) atoms. The van der Waals surface area contributed by atoms with Gasteiger partial charge in [-0.1, -0.05) is 6.07 Å². The van der Waals surface area contributed by atoms with E-state index >= 15 is 0 Å². The molecule has 2 rings (SSSR count). The van der Waals surface area contributed by atoms with Crippen molar-refractivity contribution < 1.29 is 4.79 Å². The number of carbonyl (C=O) groups excluding carboxylic acids is 1. The third-order valence-electron chi connectivity index (χ3n) is 2.09. The van der Waals surface area contributed by atoms with Crippen molar-refractivity contribution in [2.45, 2.75) is 0 Å². The number of nitrogens with one attached hydrogen (secondary N) is 1. The third-order valence-corrected chi connectivity index (χ3v) is 2.09. The number of hydrogen-bond donors (Lipinski definition) is 2. The normalized spacial score (nSPS) is 10.1. The van der Waals surface area contributed by atoms with Gasteiger partial charge < -0.3 is 5.73 Å². The molecule has 0 saturated carbocycles. The van der Waals surface area contributed by atoms with Crippen molar-refractivity contribution in [3.8, 4) is 5.69 Å². The molecule has 0 spiro atoms. The Morgan fingerprint density at radius 2 is 2.12 bits per heavy atom. The van der Waals surface area contributed by atoms with Gasteiger partial charge in [-0.3, -0.25) is 14.6 Å². The van der Waals surface area contributed by atoms with Gasteiger partial charge in [0.1, 0.15) is 6.20 Å². The number of benzene rings is 1. The first kappa shape index (κ1) is 10.8. The highest BCUT2D eigenvalue weighted by atomic mass is 16.2. The first-order valence-corrected chi connectivity index (χ1v) is 4.67. The lowest BCUT2D eigenvalue weighted by Gasteiger charge is -2.03. The fraction of sp³-hybridized carbons (Fsp3) is 0. The minimum absolute atomic E-state index is 0.252. The Balaban J connectivity index is 2.61. The van der Waals surface area contributed by atoms with Crippen LogP contribution in [0, 0.1) is 0 Å². The topological polar surface area (TPSA) is 111 Å². The molecule has 7 heteroatoms. The van der Waals surface area contributed by atoms with Crippen LogP contribution in [0.3, 0.4) is 0 Å². The highest BCUT2D eigenvalue weighted by Crippen LogP contribution is 2.06. The van der Waals surface area contributed by atoms with Crippen LogP contribution < -0.4 is 17.0 Å². The Morgan fingerprint density at radius 1 is 1.35 bits per heavy atom. The van der Waals surface area contributed by atoms with Crippen molar-refractivity contribution in [2.75, 3.05) is 0 Å². The van der Waals surface area contributed by atoms with Crippen molar-refractivity contribution in [2.24, 2.45) is 5.73 Å². The Hall–Kier alpha value is -2.70. The zero-order valence-electron chi connectivity index (χ0n) is 8.58. The van der Waals surface area contributed by atoms with Gasteiger partial charge in [0.15, 0.2) is 0 Å². The molecule has 86 valence electrons. The van der Waals surface area contributed by atoms with Gasteiger partial charge >= 0.3 is 5.69 Å². The number of primary amides is 1. The molecule has 0 aliphatic carbocycles. The van der Waals surface area contributed by atoms with Crippen LogP contribution in [-0.4, -0.2) is 20.7 Å². The van der Waals surface area contributed by atoms with Crippen molar-refractivity contribution in [1.29, 1.82) is 0 Å². The molecule has 0 radical (unpaired) electrons. The van der Waals surface area contributed by atoms with Crippen LogP contribution in [0.25, 0.3) is 5.69 Å². The van der Waals surface area contributed by atoms with E-state index in [9.17, 15) is 14.4 Å². The van der Waals surface area contributed by atoms with Crippen LogP contribution >= 0.6 is 0 Å². The maximum absolute atomic E-state index is 11.5. The summed E-state index contributed by atoms with van der Waals surface area (Å²) in [6.07, 6.45) is 0.971. The fourth-order valence-corrected chi connectivity index (χ4v) is 1.33. The Labute approximate surface area is 94.5 Å². The SMILES string of the molecule is NC(=O)c1cccc(-n2ncc(=O)[nH]c2=O)c1. The molecule has 0 saturated heterocycles. The van der Waals surface area contributed by atoms with Gasteiger partial charge in [0.25, 0.3) is 5.56 Å². The largest absolute Gasteiger partial charge is 0.366 e. The number of H-pyrrole nitrogens is 1. The van der Waals surface area contributed by atoms with Crippen molar-refractivity contribution in [1.82, 2.24) is 14.8 Å². The standard InChI is InChI=1S/C10H8N4O3/c11-9(16)6-2-1-3-7(4-6)14-10(17)13-8(15)5-12-14/h1-5H,(H2,11,16)(H,13,15,17). The minimum atomic E-state index is -0.681. The molecule has 3 N–H and O–H groups in total. The van der Waals surface area contributed by atoms with E-state index in [0.29, 0.717) is 5.69 Å². The van der Waals surface area contributed by atoms with E-state index in [1.165, 1.54) is 12.1 Å². The quantitative estimate of drug-likeness (QED) is 0.693. The number of aromatic amines is 1. The molecule has 2 aromatic rings. The van der Waals surface area contributed by atoms with Gasteiger partial charge in [0.05, 0.1) is 5.69 Å². The fourth-order valence-electron chi connectivity index (χ4n) is 1.33. The lowest BCUT2D eigenvalue weighted by atomic mass is 10.2. The molecule has 7 nitrogen and oxygen atoms in total. The van der Waals surface area contributed by atoms with Gasteiger partial charge in [0.2, 0.25) is 5.91 Å². The molecular weight excluding hydrogens is 224 g/mol. The summed E-state index contributed by atoms with van der Waals surface area (Å²) in [5, 5.41) is 3.66. The molecule has 0 unspecified atom stereocenters. The molecule has 1 heterocycles. The monoisotopic (exact) mass is 232 g/mol. The first-order chi connectivity index (χ1) is 8.08. The Kier molecular flexibility index (Phi) is 2.57. The number of nitrogens with zero attached hydrogens (tertiary/aromatic N) is 2. The van der Waals surface area contributed by atoms with Crippen LogP contribution in [0.2, 0.25) is 0 Å². The van der Waals surface area contributed by atoms with Crippen LogP contribution in [0.4, 0.5) is 0 Å². The van der Waals surface area contributed by atoms with E-state index in [2.05, 4.69) is 10.1 Å². The number of aromatic nitrogens is 3. The maximum Gasteiger partial charge on any atom is 0.349 e. The summed E-state index contributed by atoms with van der Waals surface area (Å²) in [5.41, 5.74) is 4.45. The number of hydrogen-bond acceptors (Lipinski definition) is 4. The van der Waals surface area contributed by atoms with Crippen LogP contribution in [0.15, 0.2) is 40.1 Å². The van der Waals surface area contributed by atoms with Crippen LogP contribution in [0.1, 0.15) is 10.4 Å². The summed E-state index contributed by atoms with van der Waals surface area (Å²) in [4.78, 5) is 35.3. The summed E-state index contributed by atoms with van der Waals surface area (Å²) >= 11 is 0. The summed E-state index contributed by atoms with van der Waals surface area (Å²) in [5.74, 6) is -0.607. The molecular formula is C10H8N4O3. The highest BCUT2D eigenvalue weighted by molar-refractivity contribution is 5.93. The zero-order valence-corrected chi connectivity index (χ0v) is 8.58. The van der Waals surface area contributed by atoms with E-state index in [0.717, 1.165) is 10.9 Å². The van der Waals surface area contributed by atoms with Gasteiger partial charge in [-0.25, -0.2) is 4.79 Å². The van der Waals surface area contributed by atoms with Crippen molar-refractivity contribution in [3.05, 3.63) is 56.9 Å². The average Bonchev–Trinajstić information content (AvgIpc) is 2.29. The highest BCUT2D eigenvalue weighted by Gasteiger charge is 2.05. The minimum Gasteiger partial charge on any atom is -0.366 e. The molecule has 1 amide bonds. The second-order valence-corrected chi connectivity index (χ2v) is 3.27. The van der Waals surface area contributed by atoms with E-state index < -0.39 is 17.2 Å². The van der Waals surface area contributed by atoms with Crippen molar-refractivity contribution >= 4 is 5.91 Å². The van der Waals surface area contributed by atoms with E-state index in [1.54, 1.807) is 12.1 Å². The predicted octanol–water partition coefficient (Wildman–Crippen LogP) is -0.980. The first-order valence-electron chi connectivity index (χ1n) is 4.67. The second kappa shape index (κ2) is 4.05. The maximum atomic E-state index is 11.5. The van der Waals surface area contributed by atoms with Crippen LogP contribution in [-0.2, 0) is 0 Å². The smallest absolute Gasteiger partial charge is 0.349 e. The summed E-state index contributed by atoms with van der Waals surface area (Å²) in [6.45, 7) is 0. The molecule has 0 aliphatic rings. The molecule has 0 fully saturated rings. The average molecular weight is 232 g/mol. The third kappa shape index (κ3) is 2.12. The lowest BCUT2D eigenvalue weighted by Crippen LogP contribution is -2.30. The van der Waals surface area contributed by atoms with E-state index in [-0.39, 0.29) is 5.56 Å². The summed E-state index contributed by atoms with van der Waals surface area (Å²) in [6, 6.07) is 6.06. The second-order valence-electron chi connectivity index (χ2n) is 3.27. The summed E-state index contributed by atoms with van der Waals surface area (Å²) in [7, 11) is 0. The molecule has 0 aliphatic heterocycles. The lowest BCUT2D eigenvalue weighted by molar-refractivity contribution is 0.100. The van der Waals surface area contributed by atoms with Gasteiger partial charge in [0, 0.05) is 5.56 Å². The van der Waals surface area contributed by atoms with Crippen LogP contribution in [0.5, 0.6) is 0 Å². The zero-order chi connectivity index (χ0) is 12.4. The molecule has 0 bridgehead atoms. The van der Waals surface area contributed by atoms with Crippen molar-refractivity contribution in [3.63, 3.8) is 0 Å². The number of nitrogens with two attached hydrogens (primary N) is 1. The number of rotatable bonds is 2. The molecule has 1 aromatic carbocycles. The van der Waals surface area contributed by atoms with E-state index in [1.807, 2.05) is 0 Å². The molecule has 1 aromatic heterocycles.